The standard InChI is InChI=1S/C10H9ClN2/c11-6-1-2-7-8-4-12-5-10(8)13-9(7)3-6/h1-3,12-13H,4-5H2. The van der Waals surface area contributed by atoms with E-state index in [0.717, 1.165) is 23.6 Å². The Labute approximate surface area is 80.9 Å². The number of fused-ring (bicyclic) bond motifs is 3. The van der Waals surface area contributed by atoms with Gasteiger partial charge >= 0.3 is 0 Å². The lowest BCUT2D eigenvalue weighted by atomic mass is 10.1. The Bertz CT molecular complexity index is 473. The van der Waals surface area contributed by atoms with Crippen LogP contribution in [0.3, 0.4) is 0 Å². The van der Waals surface area contributed by atoms with Crippen LogP contribution in [0.25, 0.3) is 10.9 Å². The molecular weight excluding hydrogens is 184 g/mol. The Morgan fingerprint density at radius 2 is 2.15 bits per heavy atom. The van der Waals surface area contributed by atoms with Gasteiger partial charge in [0.25, 0.3) is 0 Å². The first-order valence-electron chi connectivity index (χ1n) is 4.34. The minimum atomic E-state index is 0.792. The highest BCUT2D eigenvalue weighted by Crippen LogP contribution is 2.27. The number of hydrogen-bond acceptors (Lipinski definition) is 1. The van der Waals surface area contributed by atoms with Crippen molar-refractivity contribution in [2.75, 3.05) is 0 Å². The van der Waals surface area contributed by atoms with Crippen molar-refractivity contribution in [1.29, 1.82) is 0 Å². The fraction of sp³-hybridized carbons (Fsp3) is 0.200. The van der Waals surface area contributed by atoms with Crippen molar-refractivity contribution in [2.45, 2.75) is 13.1 Å². The van der Waals surface area contributed by atoms with E-state index in [-0.39, 0.29) is 0 Å². The van der Waals surface area contributed by atoms with E-state index in [1.807, 2.05) is 12.1 Å². The van der Waals surface area contributed by atoms with Crippen LogP contribution in [-0.4, -0.2) is 4.98 Å². The molecular formula is C10H9ClN2. The fourth-order valence-electron chi connectivity index (χ4n) is 1.95. The summed E-state index contributed by atoms with van der Waals surface area (Å²) in [7, 11) is 0. The van der Waals surface area contributed by atoms with Crippen LogP contribution in [0.5, 0.6) is 0 Å². The van der Waals surface area contributed by atoms with Crippen molar-refractivity contribution in [3.63, 3.8) is 0 Å². The van der Waals surface area contributed by atoms with Crippen LogP contribution in [0.15, 0.2) is 18.2 Å². The van der Waals surface area contributed by atoms with E-state index in [4.69, 9.17) is 11.6 Å². The van der Waals surface area contributed by atoms with Gasteiger partial charge in [-0.2, -0.15) is 0 Å². The molecule has 0 fully saturated rings. The minimum Gasteiger partial charge on any atom is -0.357 e. The zero-order valence-corrected chi connectivity index (χ0v) is 7.78. The van der Waals surface area contributed by atoms with E-state index in [1.165, 1.54) is 16.6 Å². The molecule has 2 N–H and O–H groups in total. The molecule has 0 bridgehead atoms. The number of aromatic nitrogens is 1. The van der Waals surface area contributed by atoms with Gasteiger partial charge in [0.1, 0.15) is 0 Å². The summed E-state index contributed by atoms with van der Waals surface area (Å²) in [6.45, 7) is 1.92. The maximum absolute atomic E-state index is 5.91. The van der Waals surface area contributed by atoms with Crippen LogP contribution in [0.2, 0.25) is 5.02 Å². The number of hydrogen-bond donors (Lipinski definition) is 2. The quantitative estimate of drug-likeness (QED) is 0.659. The summed E-state index contributed by atoms with van der Waals surface area (Å²) in [5, 5.41) is 5.40. The Kier molecular flexibility index (Phi) is 1.43. The van der Waals surface area contributed by atoms with Crippen LogP contribution in [0, 0.1) is 0 Å². The Morgan fingerprint density at radius 1 is 1.23 bits per heavy atom. The largest absolute Gasteiger partial charge is 0.357 e. The Balaban J connectivity index is 2.38. The zero-order valence-electron chi connectivity index (χ0n) is 7.02. The fourth-order valence-corrected chi connectivity index (χ4v) is 2.12. The molecule has 1 aromatic heterocycles. The molecule has 0 radical (unpaired) electrons. The third-order valence-electron chi connectivity index (χ3n) is 2.56. The van der Waals surface area contributed by atoms with E-state index in [0.29, 0.717) is 0 Å². The summed E-state index contributed by atoms with van der Waals surface area (Å²) in [5.41, 5.74) is 3.85. The first kappa shape index (κ1) is 7.42. The van der Waals surface area contributed by atoms with Crippen molar-refractivity contribution in [1.82, 2.24) is 10.3 Å². The Morgan fingerprint density at radius 3 is 3.08 bits per heavy atom. The van der Waals surface area contributed by atoms with Gasteiger partial charge in [-0.25, -0.2) is 0 Å². The van der Waals surface area contributed by atoms with E-state index < -0.39 is 0 Å². The third kappa shape index (κ3) is 0.992. The van der Waals surface area contributed by atoms with Crippen LogP contribution in [0.1, 0.15) is 11.3 Å². The second-order valence-corrected chi connectivity index (χ2v) is 3.81. The molecule has 0 aliphatic carbocycles. The summed E-state index contributed by atoms with van der Waals surface area (Å²) < 4.78 is 0. The van der Waals surface area contributed by atoms with Crippen molar-refractivity contribution < 1.29 is 0 Å². The minimum absolute atomic E-state index is 0.792. The highest BCUT2D eigenvalue weighted by Gasteiger charge is 2.15. The van der Waals surface area contributed by atoms with Crippen LogP contribution < -0.4 is 5.32 Å². The lowest BCUT2D eigenvalue weighted by Crippen LogP contribution is -2.01. The zero-order chi connectivity index (χ0) is 8.84. The lowest BCUT2D eigenvalue weighted by molar-refractivity contribution is 0.757. The van der Waals surface area contributed by atoms with Crippen LogP contribution in [-0.2, 0) is 13.1 Å². The number of aromatic amines is 1. The molecule has 0 saturated carbocycles. The molecule has 0 amide bonds. The molecule has 2 aromatic rings. The normalized spacial score (nSPS) is 15.2. The van der Waals surface area contributed by atoms with Crippen molar-refractivity contribution in [2.24, 2.45) is 0 Å². The van der Waals surface area contributed by atoms with Gasteiger partial charge in [0, 0.05) is 34.7 Å². The highest BCUT2D eigenvalue weighted by molar-refractivity contribution is 6.31. The SMILES string of the molecule is Clc1ccc2c3c([nH]c2c1)CNC3. The van der Waals surface area contributed by atoms with Gasteiger partial charge < -0.3 is 10.3 Å². The number of nitrogens with one attached hydrogen (secondary N) is 2. The van der Waals surface area contributed by atoms with Crippen molar-refractivity contribution in [3.8, 4) is 0 Å². The molecule has 1 aromatic carbocycles. The number of benzene rings is 1. The second-order valence-electron chi connectivity index (χ2n) is 3.38. The molecule has 0 atom stereocenters. The predicted octanol–water partition coefficient (Wildman–Crippen LogP) is 2.42. The van der Waals surface area contributed by atoms with Gasteiger partial charge in [0.05, 0.1) is 0 Å². The molecule has 0 spiro atoms. The summed E-state index contributed by atoms with van der Waals surface area (Å²) >= 11 is 5.91. The number of halogens is 1. The van der Waals surface area contributed by atoms with Gasteiger partial charge in [0.15, 0.2) is 0 Å². The maximum atomic E-state index is 5.91. The molecule has 0 unspecified atom stereocenters. The van der Waals surface area contributed by atoms with Gasteiger partial charge in [-0.3, -0.25) is 0 Å². The summed E-state index contributed by atoms with van der Waals surface area (Å²) in [6, 6.07) is 6.01. The van der Waals surface area contributed by atoms with Gasteiger partial charge in [-0.1, -0.05) is 17.7 Å². The molecule has 66 valence electrons. The monoisotopic (exact) mass is 192 g/mol. The molecule has 2 nitrogen and oxygen atoms in total. The molecule has 13 heavy (non-hydrogen) atoms. The average molecular weight is 193 g/mol. The van der Waals surface area contributed by atoms with Crippen molar-refractivity contribution in [3.05, 3.63) is 34.5 Å². The van der Waals surface area contributed by atoms with E-state index in [1.54, 1.807) is 0 Å². The van der Waals surface area contributed by atoms with Gasteiger partial charge in [0.2, 0.25) is 0 Å². The average Bonchev–Trinajstić information content (AvgIpc) is 2.62. The first-order valence-corrected chi connectivity index (χ1v) is 4.72. The summed E-state index contributed by atoms with van der Waals surface area (Å²) in [5.74, 6) is 0. The maximum Gasteiger partial charge on any atom is 0.0474 e. The van der Waals surface area contributed by atoms with Crippen molar-refractivity contribution >= 4 is 22.5 Å². The highest BCUT2D eigenvalue weighted by atomic mass is 35.5. The van der Waals surface area contributed by atoms with Crippen LogP contribution >= 0.6 is 11.6 Å². The molecule has 3 heteroatoms. The summed E-state index contributed by atoms with van der Waals surface area (Å²) in [4.78, 5) is 3.37. The molecule has 1 aliphatic rings. The van der Waals surface area contributed by atoms with E-state index in [2.05, 4.69) is 16.4 Å². The smallest absolute Gasteiger partial charge is 0.0474 e. The van der Waals surface area contributed by atoms with Gasteiger partial charge in [-0.15, -0.1) is 0 Å². The molecule has 2 heterocycles. The van der Waals surface area contributed by atoms with Crippen LogP contribution in [0.4, 0.5) is 0 Å². The summed E-state index contributed by atoms with van der Waals surface area (Å²) in [6.07, 6.45) is 0. The van der Waals surface area contributed by atoms with Gasteiger partial charge in [-0.05, 0) is 17.7 Å². The second kappa shape index (κ2) is 2.50. The first-order chi connectivity index (χ1) is 6.34. The molecule has 3 rings (SSSR count). The van der Waals surface area contributed by atoms with E-state index >= 15 is 0 Å². The third-order valence-corrected chi connectivity index (χ3v) is 2.80. The lowest BCUT2D eigenvalue weighted by Gasteiger charge is -1.94. The number of H-pyrrole nitrogens is 1. The molecule has 0 saturated heterocycles. The number of rotatable bonds is 0. The topological polar surface area (TPSA) is 27.8 Å². The van der Waals surface area contributed by atoms with E-state index in [9.17, 15) is 0 Å². The molecule has 1 aliphatic heterocycles. The Hall–Kier alpha value is -0.990. The predicted molar refractivity (Wildman–Crippen MR) is 53.9 cm³/mol.